The van der Waals surface area contributed by atoms with Crippen LogP contribution in [0.1, 0.15) is 43.2 Å². The van der Waals surface area contributed by atoms with Gasteiger partial charge in [-0.05, 0) is 50.8 Å². The van der Waals surface area contributed by atoms with Gasteiger partial charge in [-0.3, -0.25) is 4.79 Å². The lowest BCUT2D eigenvalue weighted by Crippen LogP contribution is -2.44. The molecular formula is C18H26N2O. The third-order valence-electron chi connectivity index (χ3n) is 5.13. The Morgan fingerprint density at radius 3 is 2.86 bits per heavy atom. The van der Waals surface area contributed by atoms with Crippen LogP contribution in [-0.2, 0) is 4.79 Å². The van der Waals surface area contributed by atoms with E-state index in [0.717, 1.165) is 38.9 Å². The van der Waals surface area contributed by atoms with Crippen molar-refractivity contribution in [2.45, 2.75) is 45.1 Å². The quantitative estimate of drug-likeness (QED) is 0.906. The molecule has 0 radical (unpaired) electrons. The SMILES string of the molecule is Cc1ccccc1C1CC(C)N(C(=O)C2CCCNC2)C1. The highest BCUT2D eigenvalue weighted by atomic mass is 16.2. The molecule has 3 heteroatoms. The molecule has 3 nitrogen and oxygen atoms in total. The van der Waals surface area contributed by atoms with E-state index in [1.807, 2.05) is 0 Å². The van der Waals surface area contributed by atoms with Crippen molar-refractivity contribution in [1.82, 2.24) is 10.2 Å². The lowest BCUT2D eigenvalue weighted by atomic mass is 9.93. The van der Waals surface area contributed by atoms with Crippen molar-refractivity contribution in [1.29, 1.82) is 0 Å². The van der Waals surface area contributed by atoms with Crippen LogP contribution in [0.5, 0.6) is 0 Å². The first-order valence-corrected chi connectivity index (χ1v) is 8.23. The van der Waals surface area contributed by atoms with E-state index in [9.17, 15) is 4.79 Å². The van der Waals surface area contributed by atoms with Gasteiger partial charge in [-0.15, -0.1) is 0 Å². The van der Waals surface area contributed by atoms with Crippen molar-refractivity contribution in [3.63, 3.8) is 0 Å². The van der Waals surface area contributed by atoms with Crippen molar-refractivity contribution in [3.05, 3.63) is 35.4 Å². The van der Waals surface area contributed by atoms with Crippen LogP contribution in [0.15, 0.2) is 24.3 Å². The predicted molar refractivity (Wildman–Crippen MR) is 85.3 cm³/mol. The number of hydrogen-bond donors (Lipinski definition) is 1. The second kappa shape index (κ2) is 6.18. The van der Waals surface area contributed by atoms with Gasteiger partial charge in [0.25, 0.3) is 0 Å². The maximum Gasteiger partial charge on any atom is 0.227 e. The highest BCUT2D eigenvalue weighted by molar-refractivity contribution is 5.80. The van der Waals surface area contributed by atoms with E-state index in [1.54, 1.807) is 0 Å². The minimum atomic E-state index is 0.192. The second-order valence-electron chi connectivity index (χ2n) is 6.67. The molecule has 3 rings (SSSR count). The largest absolute Gasteiger partial charge is 0.339 e. The van der Waals surface area contributed by atoms with E-state index in [4.69, 9.17) is 0 Å². The standard InChI is InChI=1S/C18H26N2O/c1-13-6-3-4-8-17(13)16-10-14(2)20(12-16)18(21)15-7-5-9-19-11-15/h3-4,6,8,14-16,19H,5,7,9-12H2,1-2H3. The molecule has 3 atom stereocenters. The maximum atomic E-state index is 12.8. The Kier molecular flexibility index (Phi) is 4.29. The number of likely N-dealkylation sites (tertiary alicyclic amines) is 1. The van der Waals surface area contributed by atoms with Crippen molar-refractivity contribution >= 4 is 5.91 Å². The Hall–Kier alpha value is -1.35. The van der Waals surface area contributed by atoms with Crippen LogP contribution in [0, 0.1) is 12.8 Å². The zero-order valence-corrected chi connectivity index (χ0v) is 13.1. The van der Waals surface area contributed by atoms with Crippen molar-refractivity contribution in [3.8, 4) is 0 Å². The molecule has 1 aromatic rings. The summed E-state index contributed by atoms with van der Waals surface area (Å²) in [6, 6.07) is 8.97. The number of amides is 1. The Morgan fingerprint density at radius 2 is 2.14 bits per heavy atom. The third kappa shape index (κ3) is 2.98. The van der Waals surface area contributed by atoms with E-state index in [2.05, 4.69) is 48.3 Å². The monoisotopic (exact) mass is 286 g/mol. The van der Waals surface area contributed by atoms with Gasteiger partial charge in [-0.2, -0.15) is 0 Å². The number of piperidine rings is 1. The molecule has 1 N–H and O–H groups in total. The summed E-state index contributed by atoms with van der Waals surface area (Å²) in [6.45, 7) is 7.19. The molecular weight excluding hydrogens is 260 g/mol. The number of hydrogen-bond acceptors (Lipinski definition) is 2. The Bertz CT molecular complexity index is 508. The smallest absolute Gasteiger partial charge is 0.227 e. The first-order valence-electron chi connectivity index (χ1n) is 8.23. The topological polar surface area (TPSA) is 32.3 Å². The van der Waals surface area contributed by atoms with Gasteiger partial charge in [-0.1, -0.05) is 24.3 Å². The summed E-state index contributed by atoms with van der Waals surface area (Å²) in [6.07, 6.45) is 3.26. The first-order chi connectivity index (χ1) is 10.2. The van der Waals surface area contributed by atoms with E-state index in [0.29, 0.717) is 17.9 Å². The average molecular weight is 286 g/mol. The van der Waals surface area contributed by atoms with Crippen LogP contribution in [0.25, 0.3) is 0 Å². The fourth-order valence-corrected chi connectivity index (χ4v) is 3.91. The van der Waals surface area contributed by atoms with Gasteiger partial charge < -0.3 is 10.2 Å². The number of nitrogens with one attached hydrogen (secondary N) is 1. The molecule has 1 amide bonds. The molecule has 0 bridgehead atoms. The zero-order chi connectivity index (χ0) is 14.8. The minimum absolute atomic E-state index is 0.192. The molecule has 0 spiro atoms. The second-order valence-corrected chi connectivity index (χ2v) is 6.67. The molecule has 2 heterocycles. The number of aryl methyl sites for hydroxylation is 1. The number of rotatable bonds is 2. The van der Waals surface area contributed by atoms with E-state index in [1.165, 1.54) is 11.1 Å². The first kappa shape index (κ1) is 14.6. The Morgan fingerprint density at radius 1 is 1.33 bits per heavy atom. The Balaban J connectivity index is 1.71. The molecule has 2 aliphatic heterocycles. The van der Waals surface area contributed by atoms with E-state index >= 15 is 0 Å². The van der Waals surface area contributed by atoms with E-state index in [-0.39, 0.29) is 5.92 Å². The summed E-state index contributed by atoms with van der Waals surface area (Å²) in [4.78, 5) is 14.9. The van der Waals surface area contributed by atoms with Crippen LogP contribution in [0.4, 0.5) is 0 Å². The summed E-state index contributed by atoms with van der Waals surface area (Å²) < 4.78 is 0. The summed E-state index contributed by atoms with van der Waals surface area (Å²) in [7, 11) is 0. The van der Waals surface area contributed by atoms with Crippen LogP contribution in [0.2, 0.25) is 0 Å². The van der Waals surface area contributed by atoms with Gasteiger partial charge in [0.15, 0.2) is 0 Å². The molecule has 21 heavy (non-hydrogen) atoms. The molecule has 0 aliphatic carbocycles. The van der Waals surface area contributed by atoms with Crippen LogP contribution in [0.3, 0.4) is 0 Å². The van der Waals surface area contributed by atoms with E-state index < -0.39 is 0 Å². The average Bonchev–Trinajstić information content (AvgIpc) is 2.89. The highest BCUT2D eigenvalue weighted by Crippen LogP contribution is 2.34. The predicted octanol–water partition coefficient (Wildman–Crippen LogP) is 2.70. The molecule has 1 aromatic carbocycles. The summed E-state index contributed by atoms with van der Waals surface area (Å²) >= 11 is 0. The zero-order valence-electron chi connectivity index (χ0n) is 13.1. The summed E-state index contributed by atoms with van der Waals surface area (Å²) in [5, 5.41) is 3.36. The molecule has 114 valence electrons. The molecule has 2 fully saturated rings. The minimum Gasteiger partial charge on any atom is -0.339 e. The summed E-state index contributed by atoms with van der Waals surface area (Å²) in [5.74, 6) is 1.06. The molecule has 0 aromatic heterocycles. The molecule has 0 saturated carbocycles. The van der Waals surface area contributed by atoms with Crippen molar-refractivity contribution in [2.75, 3.05) is 19.6 Å². The van der Waals surface area contributed by atoms with Crippen molar-refractivity contribution in [2.24, 2.45) is 5.92 Å². The van der Waals surface area contributed by atoms with Gasteiger partial charge >= 0.3 is 0 Å². The fourth-order valence-electron chi connectivity index (χ4n) is 3.91. The number of carbonyl (C=O) groups excluding carboxylic acids is 1. The van der Waals surface area contributed by atoms with Gasteiger partial charge in [0.2, 0.25) is 5.91 Å². The van der Waals surface area contributed by atoms with Gasteiger partial charge in [0.05, 0.1) is 5.92 Å². The third-order valence-corrected chi connectivity index (χ3v) is 5.13. The van der Waals surface area contributed by atoms with Gasteiger partial charge in [-0.25, -0.2) is 0 Å². The van der Waals surface area contributed by atoms with Gasteiger partial charge in [0.1, 0.15) is 0 Å². The van der Waals surface area contributed by atoms with Gasteiger partial charge in [0, 0.05) is 25.0 Å². The lowest BCUT2D eigenvalue weighted by molar-refractivity contribution is -0.136. The van der Waals surface area contributed by atoms with Crippen molar-refractivity contribution < 1.29 is 4.79 Å². The number of benzene rings is 1. The fraction of sp³-hybridized carbons (Fsp3) is 0.611. The molecule has 2 saturated heterocycles. The Labute approximate surface area is 127 Å². The van der Waals surface area contributed by atoms with Crippen LogP contribution >= 0.6 is 0 Å². The highest BCUT2D eigenvalue weighted by Gasteiger charge is 2.36. The van der Waals surface area contributed by atoms with Crippen LogP contribution < -0.4 is 5.32 Å². The normalized spacial score (nSPS) is 29.6. The summed E-state index contributed by atoms with van der Waals surface area (Å²) in [5.41, 5.74) is 2.77. The number of carbonyl (C=O) groups is 1. The maximum absolute atomic E-state index is 12.8. The lowest BCUT2D eigenvalue weighted by Gasteiger charge is -2.29. The molecule has 3 unspecified atom stereocenters. The number of nitrogens with zero attached hydrogens (tertiary/aromatic N) is 1. The van der Waals surface area contributed by atoms with Crippen LogP contribution in [-0.4, -0.2) is 36.5 Å². The molecule has 2 aliphatic rings.